The van der Waals surface area contributed by atoms with E-state index in [-0.39, 0.29) is 17.6 Å². The number of amidine groups is 1. The highest BCUT2D eigenvalue weighted by atomic mass is 32.1. The van der Waals surface area contributed by atoms with Gasteiger partial charge in [0.1, 0.15) is 17.4 Å². The van der Waals surface area contributed by atoms with Gasteiger partial charge >= 0.3 is 0 Å². The SMILES string of the molecule is CC(C)c1nc(CCOc2ccc(F)cc2)sc1C(=N)N. The lowest BCUT2D eigenvalue weighted by Crippen LogP contribution is -2.12. The lowest BCUT2D eigenvalue weighted by atomic mass is 10.1. The minimum atomic E-state index is -0.282. The van der Waals surface area contributed by atoms with Gasteiger partial charge in [-0.25, -0.2) is 9.37 Å². The fourth-order valence-electron chi connectivity index (χ4n) is 1.86. The lowest BCUT2D eigenvalue weighted by molar-refractivity contribution is 0.321. The third kappa shape index (κ3) is 4.01. The van der Waals surface area contributed by atoms with E-state index in [4.69, 9.17) is 15.9 Å². The van der Waals surface area contributed by atoms with Crippen LogP contribution in [0.2, 0.25) is 0 Å². The molecule has 0 saturated heterocycles. The van der Waals surface area contributed by atoms with E-state index in [0.29, 0.717) is 18.8 Å². The number of ether oxygens (including phenoxy) is 1. The summed E-state index contributed by atoms with van der Waals surface area (Å²) in [5.74, 6) is 0.632. The molecular weight excluding hydrogens is 289 g/mol. The summed E-state index contributed by atoms with van der Waals surface area (Å²) in [5, 5.41) is 8.49. The van der Waals surface area contributed by atoms with Crippen molar-refractivity contribution >= 4 is 17.2 Å². The Bertz CT molecular complexity index is 622. The summed E-state index contributed by atoms with van der Waals surface area (Å²) in [7, 11) is 0. The highest BCUT2D eigenvalue weighted by molar-refractivity contribution is 7.13. The molecule has 0 saturated carbocycles. The topological polar surface area (TPSA) is 72.0 Å². The second kappa shape index (κ2) is 6.67. The number of halogens is 1. The summed E-state index contributed by atoms with van der Waals surface area (Å²) in [6.45, 7) is 4.51. The smallest absolute Gasteiger partial charge is 0.135 e. The fourth-order valence-corrected chi connectivity index (χ4v) is 2.92. The third-order valence-electron chi connectivity index (χ3n) is 2.89. The van der Waals surface area contributed by atoms with Gasteiger partial charge in [-0.15, -0.1) is 11.3 Å². The molecule has 6 heteroatoms. The zero-order valence-electron chi connectivity index (χ0n) is 12.0. The highest BCUT2D eigenvalue weighted by Gasteiger charge is 2.16. The summed E-state index contributed by atoms with van der Waals surface area (Å²) in [5.41, 5.74) is 6.45. The van der Waals surface area contributed by atoms with Crippen molar-refractivity contribution in [1.29, 1.82) is 5.41 Å². The summed E-state index contributed by atoms with van der Waals surface area (Å²) in [6.07, 6.45) is 0.634. The molecule has 0 radical (unpaired) electrons. The Kier molecular flexibility index (Phi) is 4.90. The zero-order valence-corrected chi connectivity index (χ0v) is 12.8. The van der Waals surface area contributed by atoms with E-state index < -0.39 is 0 Å². The maximum Gasteiger partial charge on any atom is 0.135 e. The summed E-state index contributed by atoms with van der Waals surface area (Å²) < 4.78 is 18.3. The molecule has 1 aromatic carbocycles. The van der Waals surface area contributed by atoms with Crippen molar-refractivity contribution < 1.29 is 9.13 Å². The molecule has 0 aliphatic rings. The minimum Gasteiger partial charge on any atom is -0.493 e. The van der Waals surface area contributed by atoms with Crippen molar-refractivity contribution in [3.05, 3.63) is 45.7 Å². The van der Waals surface area contributed by atoms with Crippen LogP contribution in [-0.2, 0) is 6.42 Å². The zero-order chi connectivity index (χ0) is 15.4. The van der Waals surface area contributed by atoms with Crippen LogP contribution in [0.1, 0.15) is 35.3 Å². The van der Waals surface area contributed by atoms with Crippen LogP contribution in [0.25, 0.3) is 0 Å². The van der Waals surface area contributed by atoms with Crippen molar-refractivity contribution in [3.8, 4) is 5.75 Å². The molecule has 0 unspecified atom stereocenters. The van der Waals surface area contributed by atoms with Gasteiger partial charge in [-0.1, -0.05) is 13.8 Å². The molecule has 1 heterocycles. The molecule has 4 nitrogen and oxygen atoms in total. The van der Waals surface area contributed by atoms with Crippen molar-refractivity contribution in [1.82, 2.24) is 4.98 Å². The lowest BCUT2D eigenvalue weighted by Gasteiger charge is -2.04. The van der Waals surface area contributed by atoms with Gasteiger partial charge in [0.2, 0.25) is 0 Å². The standard InChI is InChI=1S/C15H18FN3OS/c1-9(2)13-14(15(17)18)21-12(19-13)7-8-20-11-5-3-10(16)4-6-11/h3-6,9H,7-8H2,1-2H3,(H3,17,18). The molecule has 21 heavy (non-hydrogen) atoms. The van der Waals surface area contributed by atoms with Crippen molar-refractivity contribution in [2.24, 2.45) is 5.73 Å². The van der Waals surface area contributed by atoms with Gasteiger partial charge in [-0.2, -0.15) is 0 Å². The first kappa shape index (κ1) is 15.4. The molecule has 3 N–H and O–H groups in total. The maximum atomic E-state index is 12.8. The predicted octanol–water partition coefficient (Wildman–Crippen LogP) is 3.31. The third-order valence-corrected chi connectivity index (χ3v) is 4.05. The van der Waals surface area contributed by atoms with Crippen LogP contribution in [-0.4, -0.2) is 17.4 Å². The maximum absolute atomic E-state index is 12.8. The van der Waals surface area contributed by atoms with Crippen LogP contribution in [0.5, 0.6) is 5.75 Å². The van der Waals surface area contributed by atoms with E-state index in [1.54, 1.807) is 12.1 Å². The Morgan fingerprint density at radius 3 is 2.57 bits per heavy atom. The fraction of sp³-hybridized carbons (Fsp3) is 0.333. The molecule has 0 atom stereocenters. The Morgan fingerprint density at radius 1 is 1.38 bits per heavy atom. The van der Waals surface area contributed by atoms with E-state index >= 15 is 0 Å². The van der Waals surface area contributed by atoms with Crippen LogP contribution in [0.3, 0.4) is 0 Å². The van der Waals surface area contributed by atoms with E-state index in [2.05, 4.69) is 4.98 Å². The van der Waals surface area contributed by atoms with Crippen molar-refractivity contribution in [2.45, 2.75) is 26.2 Å². The van der Waals surface area contributed by atoms with Gasteiger partial charge in [0.05, 0.1) is 22.2 Å². The Labute approximate surface area is 127 Å². The number of nitrogens with one attached hydrogen (secondary N) is 1. The summed E-state index contributed by atoms with van der Waals surface area (Å²) in [4.78, 5) is 5.27. The average Bonchev–Trinajstić information content (AvgIpc) is 2.86. The first-order valence-corrected chi connectivity index (χ1v) is 7.51. The number of aromatic nitrogens is 1. The number of benzene rings is 1. The quantitative estimate of drug-likeness (QED) is 0.635. The Morgan fingerprint density at radius 2 is 2.05 bits per heavy atom. The Hall–Kier alpha value is -1.95. The number of hydrogen-bond acceptors (Lipinski definition) is 4. The highest BCUT2D eigenvalue weighted by Crippen LogP contribution is 2.25. The average molecular weight is 307 g/mol. The van der Waals surface area contributed by atoms with Crippen LogP contribution >= 0.6 is 11.3 Å². The monoisotopic (exact) mass is 307 g/mol. The van der Waals surface area contributed by atoms with Crippen molar-refractivity contribution in [3.63, 3.8) is 0 Å². The molecule has 0 fully saturated rings. The van der Waals surface area contributed by atoms with Crippen LogP contribution in [0.4, 0.5) is 4.39 Å². The van der Waals surface area contributed by atoms with Gasteiger partial charge < -0.3 is 10.5 Å². The molecule has 112 valence electrons. The van der Waals surface area contributed by atoms with Crippen LogP contribution < -0.4 is 10.5 Å². The molecule has 0 bridgehead atoms. The largest absolute Gasteiger partial charge is 0.493 e. The molecule has 0 aliphatic carbocycles. The minimum absolute atomic E-state index is 0.0573. The van der Waals surface area contributed by atoms with Gasteiger partial charge in [-0.3, -0.25) is 5.41 Å². The molecule has 2 rings (SSSR count). The van der Waals surface area contributed by atoms with Gasteiger partial charge in [0.15, 0.2) is 0 Å². The summed E-state index contributed by atoms with van der Waals surface area (Å²) >= 11 is 1.43. The molecule has 2 aromatic rings. The molecule has 1 aromatic heterocycles. The van der Waals surface area contributed by atoms with Crippen LogP contribution in [0, 0.1) is 11.2 Å². The number of nitrogens with two attached hydrogens (primary N) is 1. The summed E-state index contributed by atoms with van der Waals surface area (Å²) in [6, 6.07) is 5.92. The molecule has 0 amide bonds. The second-order valence-electron chi connectivity index (χ2n) is 4.94. The number of nitrogen functional groups attached to an aromatic ring is 1. The normalized spacial score (nSPS) is 10.9. The van der Waals surface area contributed by atoms with E-state index in [0.717, 1.165) is 15.6 Å². The predicted molar refractivity (Wildman–Crippen MR) is 82.8 cm³/mol. The first-order chi connectivity index (χ1) is 9.97. The van der Waals surface area contributed by atoms with Crippen molar-refractivity contribution in [2.75, 3.05) is 6.61 Å². The van der Waals surface area contributed by atoms with Gasteiger partial charge in [-0.05, 0) is 30.2 Å². The number of hydrogen-bond donors (Lipinski definition) is 2. The molecular formula is C15H18FN3OS. The van der Waals surface area contributed by atoms with E-state index in [1.807, 2.05) is 13.8 Å². The number of rotatable bonds is 6. The van der Waals surface area contributed by atoms with Gasteiger partial charge in [0, 0.05) is 6.42 Å². The first-order valence-electron chi connectivity index (χ1n) is 6.69. The van der Waals surface area contributed by atoms with Gasteiger partial charge in [0.25, 0.3) is 0 Å². The number of thiazole rings is 1. The molecule has 0 spiro atoms. The molecule has 0 aliphatic heterocycles. The van der Waals surface area contributed by atoms with Crippen LogP contribution in [0.15, 0.2) is 24.3 Å². The second-order valence-corrected chi connectivity index (χ2v) is 6.03. The Balaban J connectivity index is 1.98. The van der Waals surface area contributed by atoms with E-state index in [9.17, 15) is 4.39 Å². The number of nitrogens with zero attached hydrogens (tertiary/aromatic N) is 1. The van der Waals surface area contributed by atoms with E-state index in [1.165, 1.54) is 23.5 Å².